The van der Waals surface area contributed by atoms with Crippen molar-refractivity contribution in [1.82, 2.24) is 0 Å². The maximum atomic E-state index is 10.2. The van der Waals surface area contributed by atoms with Crippen LogP contribution in [-0.2, 0) is 10.8 Å². The van der Waals surface area contributed by atoms with E-state index in [1.54, 1.807) is 0 Å². The lowest BCUT2D eigenvalue weighted by atomic mass is 9.82. The van der Waals surface area contributed by atoms with E-state index in [4.69, 9.17) is 0 Å². The first-order chi connectivity index (χ1) is 58.5. The van der Waals surface area contributed by atoms with E-state index < -0.39 is 0 Å². The minimum atomic E-state index is -0.303. The van der Waals surface area contributed by atoms with Crippen LogP contribution in [0.2, 0.25) is 0 Å². The molecule has 20 aromatic carbocycles. The van der Waals surface area contributed by atoms with Gasteiger partial charge in [0.2, 0.25) is 0 Å². The summed E-state index contributed by atoms with van der Waals surface area (Å²) in [5.74, 6) is 0. The Hall–Kier alpha value is -13.9. The molecule has 2 aliphatic carbocycles. The van der Waals surface area contributed by atoms with Crippen LogP contribution in [0.3, 0.4) is 0 Å². The smallest absolute Gasteiger partial charge is 0.0645 e. The van der Waals surface area contributed by atoms with Crippen LogP contribution in [0.25, 0.3) is 153 Å². The molecule has 22 rings (SSSR count). The number of hydrogen-bond acceptors (Lipinski definition) is 2. The van der Waals surface area contributed by atoms with E-state index >= 15 is 0 Å². The second-order valence-electron chi connectivity index (χ2n) is 30.6. The van der Waals surface area contributed by atoms with Crippen molar-refractivity contribution in [1.29, 1.82) is 0 Å². The average Bonchev–Trinajstić information content (AvgIpc) is 1.06. The molecule has 0 unspecified atom stereocenters. The second-order valence-corrected chi connectivity index (χ2v) is 30.6. The normalized spacial score (nSPS) is 14.0. The third-order valence-corrected chi connectivity index (χ3v) is 23.8. The summed E-state index contributed by atoms with van der Waals surface area (Å²) in [4.78, 5) is 4.00. The molecular weight excluding hydrogens is 1350 g/mol. The third kappa shape index (κ3) is 10.5. The third-order valence-electron chi connectivity index (χ3n) is 23.8. The predicted molar refractivity (Wildman–Crippen MR) is 479 cm³/mol. The van der Waals surface area contributed by atoms with Gasteiger partial charge in [0, 0.05) is 44.2 Å². The van der Waals surface area contributed by atoms with E-state index in [1.165, 1.54) is 16.7 Å². The SMILES string of the molecule is [2H]c1c([2H])c(N(c2ccc3c(c2)C(C)(C)c2ccccc2-3)c2cc3ccccc3c3ccccc23)c([2H])c([2H])c1-c1c(-c2ccccc2)c2ccccc2c2ccccc12.[2H]c1c([2H])c(N(c2cccc3c2-c2ccccc2C3(C)C)c2cc3ccccc3c3ccccc23)c([2H])c([2H])c1-c1c(-c2ccccc2)c2ccccc2c2ccccc12. The van der Waals surface area contributed by atoms with Crippen molar-refractivity contribution in [2.75, 3.05) is 9.80 Å². The summed E-state index contributed by atoms with van der Waals surface area (Å²) >= 11 is 0. The van der Waals surface area contributed by atoms with Gasteiger partial charge in [-0.15, -0.1) is 0 Å². The lowest BCUT2D eigenvalue weighted by Crippen LogP contribution is -2.16. The zero-order valence-corrected chi connectivity index (χ0v) is 62.4. The molecule has 0 saturated heterocycles. The number of rotatable bonds is 10. The van der Waals surface area contributed by atoms with Gasteiger partial charge < -0.3 is 9.80 Å². The fourth-order valence-electron chi connectivity index (χ4n) is 18.6. The highest BCUT2D eigenvalue weighted by Gasteiger charge is 2.39. The van der Waals surface area contributed by atoms with Crippen LogP contribution in [0.5, 0.6) is 0 Å². The van der Waals surface area contributed by atoms with Crippen LogP contribution < -0.4 is 9.80 Å². The monoisotopic (exact) mass is 1430 g/mol. The van der Waals surface area contributed by atoms with Crippen molar-refractivity contribution >= 4 is 120 Å². The first kappa shape index (κ1) is 58.1. The Morgan fingerprint density at radius 1 is 0.196 bits per heavy atom. The first-order valence-corrected chi connectivity index (χ1v) is 38.6. The van der Waals surface area contributed by atoms with E-state index in [0.29, 0.717) is 11.1 Å². The summed E-state index contributed by atoms with van der Waals surface area (Å²) in [5, 5.41) is 16.1. The largest absolute Gasteiger partial charge is 0.310 e. The Balaban J connectivity index is 0.000000148. The highest BCUT2D eigenvalue weighted by molar-refractivity contribution is 6.24. The van der Waals surface area contributed by atoms with Gasteiger partial charge >= 0.3 is 0 Å². The molecule has 0 fully saturated rings. The Bertz CT molecular complexity index is 7660. The Morgan fingerprint density at radius 2 is 0.518 bits per heavy atom. The van der Waals surface area contributed by atoms with Gasteiger partial charge in [-0.25, -0.2) is 0 Å². The topological polar surface area (TPSA) is 6.48 Å². The quantitative estimate of drug-likeness (QED) is 0.126. The Morgan fingerprint density at radius 3 is 0.982 bits per heavy atom. The van der Waals surface area contributed by atoms with Gasteiger partial charge in [-0.1, -0.05) is 373 Å². The summed E-state index contributed by atoms with van der Waals surface area (Å²) < 4.78 is 80.7. The van der Waals surface area contributed by atoms with E-state index in [-0.39, 0.29) is 81.7 Å². The standard InChI is InChI=1S/2C55H39N/c1-55(2)48-28-15-14-27-47(48)54-49(55)29-16-30-50(54)56(51-35-38-19-6-7-20-40(38)41-21-8-11-24-44(41)51)39-33-31-37(32-34-39)53-46-26-13-10-23-43(46)42-22-9-12-25-45(42)52(53)36-17-4-3-5-18-36;1-55(2)50-27-15-14-23-45(50)46-33-32-40(35-51(46)55)56(52-34-38-18-6-7-19-41(38)42-20-8-11-24-47(42)52)39-30-28-37(29-31-39)54-49-26-13-10-22-44(49)43-21-9-12-25-48(43)53(54)36-16-4-3-5-17-36/h2*3-35H,1-2H3/i31D,32D,33D,34D;28D,29D,30D,31D. The Labute approximate surface area is 664 Å². The van der Waals surface area contributed by atoms with Crippen LogP contribution in [0, 0.1) is 0 Å². The molecule has 0 N–H and O–H groups in total. The van der Waals surface area contributed by atoms with Crippen molar-refractivity contribution in [3.05, 3.63) is 422 Å². The number of nitrogens with zero attached hydrogens (tertiary/aromatic N) is 2. The number of hydrogen-bond donors (Lipinski definition) is 0. The molecule has 0 saturated carbocycles. The minimum absolute atomic E-state index is 0.0902. The average molecular weight is 1440 g/mol. The lowest BCUT2D eigenvalue weighted by Gasteiger charge is -2.30. The molecule has 0 heterocycles. The van der Waals surface area contributed by atoms with Gasteiger partial charge in [-0.05, 0) is 213 Å². The summed E-state index contributed by atoms with van der Waals surface area (Å²) in [6.45, 7) is 9.00. The van der Waals surface area contributed by atoms with Crippen molar-refractivity contribution in [3.63, 3.8) is 0 Å². The predicted octanol–water partition coefficient (Wildman–Crippen LogP) is 30.8. The highest BCUT2D eigenvalue weighted by atomic mass is 15.2. The van der Waals surface area contributed by atoms with Crippen molar-refractivity contribution in [3.8, 4) is 66.8 Å². The van der Waals surface area contributed by atoms with Gasteiger partial charge in [0.05, 0.1) is 28.0 Å². The zero-order valence-electron chi connectivity index (χ0n) is 70.4. The molecule has 20 aromatic rings. The molecule has 0 radical (unpaired) electrons. The van der Waals surface area contributed by atoms with Gasteiger partial charge in [0.25, 0.3) is 0 Å². The number of fused-ring (bicyclic) bond motifs is 18. The molecule has 0 spiro atoms. The van der Waals surface area contributed by atoms with Gasteiger partial charge in [-0.2, -0.15) is 0 Å². The fourth-order valence-corrected chi connectivity index (χ4v) is 18.6. The second kappa shape index (κ2) is 26.4. The summed E-state index contributed by atoms with van der Waals surface area (Å²) in [6.07, 6.45) is 0. The van der Waals surface area contributed by atoms with Gasteiger partial charge in [0.15, 0.2) is 0 Å². The summed E-state index contributed by atoms with van der Waals surface area (Å²) in [5.41, 5.74) is 17.8. The molecule has 2 aliphatic rings. The van der Waals surface area contributed by atoms with Crippen molar-refractivity contribution < 1.29 is 11.0 Å². The van der Waals surface area contributed by atoms with Crippen molar-refractivity contribution in [2.24, 2.45) is 0 Å². The first-order valence-electron chi connectivity index (χ1n) is 42.6. The van der Waals surface area contributed by atoms with E-state index in [9.17, 15) is 11.0 Å². The molecule has 0 aromatic heterocycles. The molecule has 2 heteroatoms. The van der Waals surface area contributed by atoms with E-state index in [1.807, 2.05) is 149 Å². The number of anilines is 6. The lowest BCUT2D eigenvalue weighted by molar-refractivity contribution is 0.660. The maximum Gasteiger partial charge on any atom is 0.0645 e. The van der Waals surface area contributed by atoms with Gasteiger partial charge in [0.1, 0.15) is 0 Å². The molecule has 528 valence electrons. The molecule has 112 heavy (non-hydrogen) atoms. The van der Waals surface area contributed by atoms with E-state index in [0.717, 1.165) is 159 Å². The van der Waals surface area contributed by atoms with Crippen LogP contribution in [0.15, 0.2) is 400 Å². The van der Waals surface area contributed by atoms with Crippen LogP contribution >= 0.6 is 0 Å². The zero-order chi connectivity index (χ0) is 81.7. The minimum Gasteiger partial charge on any atom is -0.310 e. The van der Waals surface area contributed by atoms with Crippen molar-refractivity contribution in [2.45, 2.75) is 38.5 Å². The molecule has 0 aliphatic heterocycles. The molecule has 2 nitrogen and oxygen atoms in total. The highest BCUT2D eigenvalue weighted by Crippen LogP contribution is 2.57. The summed E-state index contributed by atoms with van der Waals surface area (Å²) in [6, 6.07) is 120. The molecule has 0 bridgehead atoms. The number of benzene rings is 20. The van der Waals surface area contributed by atoms with Gasteiger partial charge in [-0.3, -0.25) is 0 Å². The van der Waals surface area contributed by atoms with Crippen LogP contribution in [0.1, 0.15) is 60.9 Å². The Kier molecular flexibility index (Phi) is 13.7. The molecule has 0 amide bonds. The van der Waals surface area contributed by atoms with Crippen LogP contribution in [-0.4, -0.2) is 0 Å². The fraction of sp³-hybridized carbons (Fsp3) is 0.0545. The van der Waals surface area contributed by atoms with Crippen LogP contribution in [0.4, 0.5) is 34.1 Å². The summed E-state index contributed by atoms with van der Waals surface area (Å²) in [7, 11) is 0. The maximum absolute atomic E-state index is 10.2. The molecule has 0 atom stereocenters. The molecular formula is C110H78N2. The van der Waals surface area contributed by atoms with E-state index in [2.05, 4.69) is 240 Å².